The first-order valence-electron chi connectivity index (χ1n) is 1.94. The van der Waals surface area contributed by atoms with E-state index >= 15 is 0 Å². The van der Waals surface area contributed by atoms with E-state index in [9.17, 15) is 23.7 Å². The average molecular weight is 191 g/mol. The van der Waals surface area contributed by atoms with Crippen LogP contribution in [-0.4, -0.2) is 16.4 Å². The number of carbonyl (C=O) groups is 1. The Kier molecular flexibility index (Phi) is 2.93. The van der Waals surface area contributed by atoms with Crippen LogP contribution in [0.3, 0.4) is 0 Å². The van der Waals surface area contributed by atoms with E-state index in [-0.39, 0.29) is 0 Å². The van der Waals surface area contributed by atoms with Crippen molar-refractivity contribution in [2.45, 2.75) is 5.38 Å². The van der Waals surface area contributed by atoms with Crippen LogP contribution in [0.4, 0.5) is 8.78 Å². The summed E-state index contributed by atoms with van der Waals surface area (Å²) in [5.74, 6) is -2.35. The van der Waals surface area contributed by atoms with Gasteiger partial charge in [0.15, 0.2) is 0 Å². The van der Waals surface area contributed by atoms with Gasteiger partial charge in [-0.15, -0.1) is 10.1 Å². The number of carbonyl (C=O) groups excluding carboxylic acids is 1. The molecule has 0 spiro atoms. The summed E-state index contributed by atoms with van der Waals surface area (Å²) < 4.78 is 23.1. The minimum absolute atomic E-state index is 1.58. The predicted octanol–water partition coefficient (Wildman–Crippen LogP) is 0.484. The Labute approximate surface area is 62.7 Å². The fraction of sp³-hybridized carbons (Fsp3) is 0.500. The SMILES string of the molecule is O=C(OO[N+](=O)[O-])C(F)(F)Cl. The second-order valence-electron chi connectivity index (χ2n) is 1.17. The molecule has 0 rings (SSSR count). The summed E-state index contributed by atoms with van der Waals surface area (Å²) in [6.45, 7) is 0. The molecule has 0 saturated carbocycles. The van der Waals surface area contributed by atoms with Crippen LogP contribution < -0.4 is 0 Å². The minimum Gasteiger partial charge on any atom is -0.252 e. The summed E-state index contributed by atoms with van der Waals surface area (Å²) in [5.41, 5.74) is 0. The van der Waals surface area contributed by atoms with Crippen molar-refractivity contribution in [3.63, 3.8) is 0 Å². The predicted molar refractivity (Wildman–Crippen MR) is 25.0 cm³/mol. The van der Waals surface area contributed by atoms with Crippen molar-refractivity contribution in [3.05, 3.63) is 10.1 Å². The maximum absolute atomic E-state index is 11.6. The normalized spacial score (nSPS) is 10.5. The Bertz CT molecular complexity index is 178. The van der Waals surface area contributed by atoms with E-state index < -0.39 is 16.4 Å². The van der Waals surface area contributed by atoms with Gasteiger partial charge in [0.2, 0.25) is 0 Å². The first kappa shape index (κ1) is 9.82. The van der Waals surface area contributed by atoms with E-state index in [0.29, 0.717) is 0 Å². The molecule has 0 heterocycles. The van der Waals surface area contributed by atoms with Gasteiger partial charge in [-0.1, -0.05) is 4.99 Å². The van der Waals surface area contributed by atoms with Gasteiger partial charge in [-0.3, -0.25) is 4.89 Å². The fourth-order valence-electron chi connectivity index (χ4n) is 0.112. The van der Waals surface area contributed by atoms with E-state index in [1.807, 2.05) is 0 Å². The topological polar surface area (TPSA) is 78.7 Å². The van der Waals surface area contributed by atoms with Crippen molar-refractivity contribution in [3.8, 4) is 0 Å². The lowest BCUT2D eigenvalue weighted by molar-refractivity contribution is -0.840. The van der Waals surface area contributed by atoms with Gasteiger partial charge < -0.3 is 0 Å². The number of rotatable bonds is 3. The molecule has 0 aromatic rings. The first-order chi connectivity index (χ1) is 4.84. The van der Waals surface area contributed by atoms with Crippen molar-refractivity contribution < 1.29 is 28.5 Å². The Hall–Kier alpha value is -1.18. The number of nitrogens with zero attached hydrogens (tertiary/aromatic N) is 1. The van der Waals surface area contributed by atoms with Crippen LogP contribution >= 0.6 is 11.6 Å². The third-order valence-corrected chi connectivity index (χ3v) is 0.560. The minimum atomic E-state index is -4.32. The van der Waals surface area contributed by atoms with Crippen LogP contribution in [0.2, 0.25) is 0 Å². The lowest BCUT2D eigenvalue weighted by Crippen LogP contribution is -2.25. The molecule has 0 aliphatic carbocycles. The second-order valence-corrected chi connectivity index (χ2v) is 1.64. The van der Waals surface area contributed by atoms with Gasteiger partial charge in [0.1, 0.15) is 0 Å². The quantitative estimate of drug-likeness (QED) is 0.281. The fourth-order valence-corrected chi connectivity index (χ4v) is 0.143. The molecule has 0 saturated heterocycles. The van der Waals surface area contributed by atoms with Gasteiger partial charge in [-0.2, -0.15) is 8.78 Å². The second kappa shape index (κ2) is 3.28. The van der Waals surface area contributed by atoms with Gasteiger partial charge in [-0.05, 0) is 11.6 Å². The van der Waals surface area contributed by atoms with Gasteiger partial charge in [0.25, 0.3) is 0 Å². The zero-order valence-corrected chi connectivity index (χ0v) is 5.38. The Morgan fingerprint density at radius 1 is 1.64 bits per heavy atom. The molecule has 0 radical (unpaired) electrons. The average Bonchev–Trinajstić information content (AvgIpc) is 1.80. The number of hydrogen-bond acceptors (Lipinski definition) is 5. The highest BCUT2D eigenvalue weighted by atomic mass is 35.5. The van der Waals surface area contributed by atoms with E-state index in [0.717, 1.165) is 0 Å². The van der Waals surface area contributed by atoms with Crippen LogP contribution in [0.1, 0.15) is 0 Å². The summed E-state index contributed by atoms with van der Waals surface area (Å²) >= 11 is 4.06. The molecule has 0 unspecified atom stereocenters. The van der Waals surface area contributed by atoms with Gasteiger partial charge in [-0.25, -0.2) is 4.79 Å². The molecule has 9 heteroatoms. The summed E-state index contributed by atoms with van der Waals surface area (Å²) in [6, 6.07) is 0. The van der Waals surface area contributed by atoms with Crippen LogP contribution in [0.15, 0.2) is 0 Å². The largest absolute Gasteiger partial charge is 0.428 e. The maximum Gasteiger partial charge on any atom is 0.428 e. The zero-order chi connectivity index (χ0) is 9.07. The first-order valence-corrected chi connectivity index (χ1v) is 2.32. The summed E-state index contributed by atoms with van der Waals surface area (Å²) in [4.78, 5) is 24.9. The Balaban J connectivity index is 3.80. The van der Waals surface area contributed by atoms with Crippen molar-refractivity contribution in [2.75, 3.05) is 0 Å². The van der Waals surface area contributed by atoms with Crippen molar-refractivity contribution in [2.24, 2.45) is 0 Å². The maximum atomic E-state index is 11.6. The standard InChI is InChI=1S/C2ClF2NO5/c3-2(4,5)1(7)10-11-6(8)9. The van der Waals surface area contributed by atoms with Crippen molar-refractivity contribution in [1.29, 1.82) is 0 Å². The number of halogens is 3. The van der Waals surface area contributed by atoms with Crippen LogP contribution in [0, 0.1) is 10.1 Å². The molecule has 0 bridgehead atoms. The highest BCUT2D eigenvalue weighted by Crippen LogP contribution is 2.20. The molecule has 0 aromatic heterocycles. The third-order valence-electron chi connectivity index (χ3n) is 0.405. The molecule has 0 fully saturated rings. The number of alkyl halides is 3. The van der Waals surface area contributed by atoms with E-state index in [1.165, 1.54) is 0 Å². The molecule has 0 N–H and O–H groups in total. The van der Waals surface area contributed by atoms with Gasteiger partial charge in [0.05, 0.1) is 0 Å². The van der Waals surface area contributed by atoms with Crippen LogP contribution in [0.25, 0.3) is 0 Å². The summed E-state index contributed by atoms with van der Waals surface area (Å²) in [5, 5.41) is 3.34. The third kappa shape index (κ3) is 4.25. The molecule has 0 aliphatic rings. The van der Waals surface area contributed by atoms with Gasteiger partial charge >= 0.3 is 16.4 Å². The molecule has 0 amide bonds. The zero-order valence-electron chi connectivity index (χ0n) is 4.62. The molecular formula is C2ClF2NO5. The molecular weight excluding hydrogens is 191 g/mol. The van der Waals surface area contributed by atoms with E-state index in [1.54, 1.807) is 0 Å². The Morgan fingerprint density at radius 2 is 2.09 bits per heavy atom. The monoisotopic (exact) mass is 191 g/mol. The Morgan fingerprint density at radius 3 is 2.36 bits per heavy atom. The molecule has 6 nitrogen and oxygen atoms in total. The molecule has 11 heavy (non-hydrogen) atoms. The van der Waals surface area contributed by atoms with Crippen LogP contribution in [0.5, 0.6) is 0 Å². The molecule has 0 atom stereocenters. The van der Waals surface area contributed by atoms with E-state index in [2.05, 4.69) is 21.5 Å². The lowest BCUT2D eigenvalue weighted by Gasteiger charge is -2.02. The van der Waals surface area contributed by atoms with E-state index in [4.69, 9.17) is 0 Å². The highest BCUT2D eigenvalue weighted by Gasteiger charge is 2.39. The van der Waals surface area contributed by atoms with Gasteiger partial charge in [0, 0.05) is 0 Å². The van der Waals surface area contributed by atoms with Crippen LogP contribution in [-0.2, 0) is 14.7 Å². The lowest BCUT2D eigenvalue weighted by atomic mass is 10.7. The van der Waals surface area contributed by atoms with Crippen molar-refractivity contribution in [1.82, 2.24) is 0 Å². The molecule has 0 aliphatic heterocycles. The summed E-state index contributed by atoms with van der Waals surface area (Å²) in [7, 11) is 0. The molecule has 0 aromatic carbocycles. The van der Waals surface area contributed by atoms with Crippen molar-refractivity contribution >= 4 is 17.6 Å². The number of hydrogen-bond donors (Lipinski definition) is 0. The highest BCUT2D eigenvalue weighted by molar-refractivity contribution is 6.31. The molecule has 64 valence electrons. The summed E-state index contributed by atoms with van der Waals surface area (Å²) in [6.07, 6.45) is 0. The smallest absolute Gasteiger partial charge is 0.252 e.